The lowest BCUT2D eigenvalue weighted by Gasteiger charge is -2.35. The van der Waals surface area contributed by atoms with E-state index in [4.69, 9.17) is 37.9 Å². The predicted octanol–water partition coefficient (Wildman–Crippen LogP) is 7.01. The fraction of sp³-hybridized carbons (Fsp3) is 1.00. The van der Waals surface area contributed by atoms with Gasteiger partial charge in [-0.1, -0.05) is 101 Å². The van der Waals surface area contributed by atoms with E-state index in [9.17, 15) is 0 Å². The second-order valence-electron chi connectivity index (χ2n) is 11.8. The molecule has 8 nitrogen and oxygen atoms in total. The van der Waals surface area contributed by atoms with Gasteiger partial charge in [-0.05, 0) is 31.1 Å². The van der Waals surface area contributed by atoms with Crippen molar-refractivity contribution in [2.75, 3.05) is 56.9 Å². The van der Waals surface area contributed by atoms with Gasteiger partial charge in [-0.3, -0.25) is 0 Å². The molecule has 0 aromatic rings. The highest BCUT2D eigenvalue weighted by atomic mass is 28.2. The van der Waals surface area contributed by atoms with Crippen LogP contribution in [0, 0.1) is 5.41 Å². The normalized spacial score (nSPS) is 12.5. The number of hydrogen-bond donors (Lipinski definition) is 0. The second kappa shape index (κ2) is 33.1. The Morgan fingerprint density at radius 3 is 0.689 bits per heavy atom. The molecule has 0 saturated carbocycles. The van der Waals surface area contributed by atoms with Gasteiger partial charge < -0.3 is 37.9 Å². The molecule has 0 spiro atoms. The highest BCUT2D eigenvalue weighted by molar-refractivity contribution is 6.37. The SMILES string of the molecule is COC(OC)[Si]CCCCCC(CCCCC[Si]C(OC)OC)(CCCCC[Si]C(OC)OC)CCCCC[Si]C(OC)OC. The zero-order chi connectivity index (χ0) is 33.4. The first-order valence-corrected chi connectivity index (χ1v) is 22.3. The molecule has 12 heteroatoms. The summed E-state index contributed by atoms with van der Waals surface area (Å²) >= 11 is 0. The molecule has 0 aliphatic heterocycles. The largest absolute Gasteiger partial charge is 0.360 e. The van der Waals surface area contributed by atoms with E-state index in [0.29, 0.717) is 5.41 Å². The summed E-state index contributed by atoms with van der Waals surface area (Å²) in [6, 6.07) is 4.78. The lowest BCUT2D eigenvalue weighted by molar-refractivity contribution is -0.0442. The lowest BCUT2D eigenvalue weighted by atomic mass is 9.70. The van der Waals surface area contributed by atoms with Crippen molar-refractivity contribution in [3.63, 3.8) is 0 Å². The molecule has 0 rings (SSSR count). The van der Waals surface area contributed by atoms with E-state index < -0.39 is 0 Å². The Morgan fingerprint density at radius 1 is 0.311 bits per heavy atom. The summed E-state index contributed by atoms with van der Waals surface area (Å²) in [5.74, 6) is -0.166. The van der Waals surface area contributed by atoms with E-state index in [0.717, 1.165) is 38.1 Å². The number of methoxy groups -OCH3 is 8. The highest BCUT2D eigenvalue weighted by Crippen LogP contribution is 2.42. The van der Waals surface area contributed by atoms with Crippen molar-refractivity contribution in [3.8, 4) is 0 Å². The molecule has 0 aliphatic rings. The fourth-order valence-corrected chi connectivity index (χ4v) is 9.98. The maximum atomic E-state index is 5.40. The van der Waals surface area contributed by atoms with Crippen LogP contribution in [0.3, 0.4) is 0 Å². The molecule has 0 heterocycles. The maximum Gasteiger partial charge on any atom is 0.136 e. The van der Waals surface area contributed by atoms with Crippen LogP contribution in [0.1, 0.15) is 103 Å². The molecular weight excluding hydrogens is 637 g/mol. The molecule has 0 saturated heterocycles. The molecule has 0 aromatic carbocycles. The van der Waals surface area contributed by atoms with Crippen LogP contribution < -0.4 is 0 Å². The third-order valence-electron chi connectivity index (χ3n) is 8.49. The topological polar surface area (TPSA) is 73.8 Å². The van der Waals surface area contributed by atoms with Gasteiger partial charge in [0.25, 0.3) is 0 Å². The van der Waals surface area contributed by atoms with Gasteiger partial charge in [0.05, 0.1) is 0 Å². The van der Waals surface area contributed by atoms with Crippen molar-refractivity contribution in [1.82, 2.24) is 0 Å². The van der Waals surface area contributed by atoms with Crippen LogP contribution in [0.2, 0.25) is 24.2 Å². The molecule has 264 valence electrons. The third kappa shape index (κ3) is 25.2. The molecule has 0 atom stereocenters. The van der Waals surface area contributed by atoms with Crippen LogP contribution in [0.5, 0.6) is 0 Å². The second-order valence-corrected chi connectivity index (χ2v) is 17.3. The Hall–Kier alpha value is 0.548. The molecule has 0 unspecified atom stereocenters. The summed E-state index contributed by atoms with van der Waals surface area (Å²) in [7, 11) is 16.8. The van der Waals surface area contributed by atoms with Gasteiger partial charge in [0.1, 0.15) is 61.7 Å². The average molecular weight is 705 g/mol. The van der Waals surface area contributed by atoms with Gasteiger partial charge in [0.15, 0.2) is 0 Å². The minimum Gasteiger partial charge on any atom is -0.360 e. The van der Waals surface area contributed by atoms with E-state index in [1.165, 1.54) is 127 Å². The standard InChI is InChI=1S/C33H68O8Si4/c1-34-29(35-2)42-25-17-9-13-21-33(22-14-10-18-26-43-30(36-3)37-4,23-15-11-19-27-44-31(38-5)39-6)24-16-12-20-28-45-32(40-7)41-8/h29-32H,9-28H2,1-8H3. The predicted molar refractivity (Wildman–Crippen MR) is 190 cm³/mol. The van der Waals surface area contributed by atoms with Gasteiger partial charge in [0.2, 0.25) is 0 Å². The molecule has 0 fully saturated rings. The molecule has 0 aromatic heterocycles. The third-order valence-corrected chi connectivity index (χ3v) is 14.3. The quantitative estimate of drug-likeness (QED) is 0.0392. The van der Waals surface area contributed by atoms with Gasteiger partial charge in [-0.25, -0.2) is 0 Å². The Balaban J connectivity index is 5.15. The van der Waals surface area contributed by atoms with Gasteiger partial charge in [0, 0.05) is 56.9 Å². The Morgan fingerprint density at radius 2 is 0.511 bits per heavy atom. The summed E-state index contributed by atoms with van der Waals surface area (Å²) in [6.45, 7) is 0. The van der Waals surface area contributed by atoms with Crippen molar-refractivity contribution < 1.29 is 37.9 Å². The van der Waals surface area contributed by atoms with Gasteiger partial charge >= 0.3 is 0 Å². The van der Waals surface area contributed by atoms with Crippen molar-refractivity contribution in [2.45, 2.75) is 151 Å². The summed E-state index contributed by atoms with van der Waals surface area (Å²) < 4.78 is 43.2. The Labute approximate surface area is 288 Å². The summed E-state index contributed by atoms with van der Waals surface area (Å²) in [5.41, 5.74) is 0.460. The van der Waals surface area contributed by atoms with E-state index in [-0.39, 0.29) is 23.7 Å². The Kier molecular flexibility index (Phi) is 33.5. The van der Waals surface area contributed by atoms with Gasteiger partial charge in [-0.15, -0.1) is 0 Å². The van der Waals surface area contributed by atoms with Crippen LogP contribution in [-0.2, 0) is 37.9 Å². The first-order valence-electron chi connectivity index (χ1n) is 17.1. The maximum absolute atomic E-state index is 5.40. The molecule has 0 amide bonds. The number of ether oxygens (including phenoxy) is 8. The van der Waals surface area contributed by atoms with Crippen molar-refractivity contribution >= 4 is 38.1 Å². The summed E-state index contributed by atoms with van der Waals surface area (Å²) in [6.07, 6.45) is 21.0. The highest BCUT2D eigenvalue weighted by Gasteiger charge is 2.28. The van der Waals surface area contributed by atoms with Crippen molar-refractivity contribution in [1.29, 1.82) is 0 Å². The first kappa shape index (κ1) is 45.5. The monoisotopic (exact) mass is 704 g/mol. The fourth-order valence-electron chi connectivity index (χ4n) is 5.89. The van der Waals surface area contributed by atoms with Crippen LogP contribution in [0.15, 0.2) is 0 Å². The van der Waals surface area contributed by atoms with E-state index in [1.807, 2.05) is 0 Å². The van der Waals surface area contributed by atoms with E-state index in [2.05, 4.69) is 0 Å². The molecule has 8 radical (unpaired) electrons. The Bertz CT molecular complexity index is 494. The zero-order valence-corrected chi connectivity index (χ0v) is 34.2. The minimum atomic E-state index is -0.0416. The average Bonchev–Trinajstić information content (AvgIpc) is 3.07. The van der Waals surface area contributed by atoms with Crippen LogP contribution in [0.4, 0.5) is 0 Å². The van der Waals surface area contributed by atoms with Crippen LogP contribution in [0.25, 0.3) is 0 Å². The van der Waals surface area contributed by atoms with Crippen LogP contribution in [-0.4, -0.2) is 119 Å². The lowest BCUT2D eigenvalue weighted by Crippen LogP contribution is -2.23. The number of hydrogen-bond acceptors (Lipinski definition) is 8. The smallest absolute Gasteiger partial charge is 0.136 e. The summed E-state index contributed by atoms with van der Waals surface area (Å²) in [4.78, 5) is 0. The number of rotatable bonds is 36. The van der Waals surface area contributed by atoms with E-state index in [1.54, 1.807) is 56.9 Å². The molecule has 0 bridgehead atoms. The van der Waals surface area contributed by atoms with Gasteiger partial charge in [-0.2, -0.15) is 0 Å². The molecule has 0 aliphatic carbocycles. The van der Waals surface area contributed by atoms with Crippen molar-refractivity contribution in [2.24, 2.45) is 5.41 Å². The molecular formula is C33H68O8Si4. The van der Waals surface area contributed by atoms with Crippen LogP contribution >= 0.6 is 0 Å². The first-order chi connectivity index (χ1) is 22.0. The number of unbranched alkanes of at least 4 members (excludes halogenated alkanes) is 8. The van der Waals surface area contributed by atoms with E-state index >= 15 is 0 Å². The minimum absolute atomic E-state index is 0.0416. The molecule has 0 N–H and O–H groups in total. The summed E-state index contributed by atoms with van der Waals surface area (Å²) in [5, 5.41) is 0. The van der Waals surface area contributed by atoms with Crippen molar-refractivity contribution in [3.05, 3.63) is 0 Å². The zero-order valence-electron chi connectivity index (χ0n) is 30.2. The molecule has 45 heavy (non-hydrogen) atoms.